The molecule has 0 aliphatic rings. The van der Waals surface area contributed by atoms with E-state index in [2.05, 4.69) is 25.9 Å². The second-order valence-corrected chi connectivity index (χ2v) is 7.64. The van der Waals surface area contributed by atoms with Gasteiger partial charge in [0.1, 0.15) is 0 Å². The Kier molecular flexibility index (Phi) is 17.8. The van der Waals surface area contributed by atoms with Crippen molar-refractivity contribution in [2.24, 2.45) is 0 Å². The molecule has 0 aliphatic heterocycles. The molecule has 22 heavy (non-hydrogen) atoms. The number of hydrogen-bond acceptors (Lipinski definition) is 1. The van der Waals surface area contributed by atoms with Crippen molar-refractivity contribution < 1.29 is 0 Å². The molecule has 0 fully saturated rings. The molecule has 0 bridgehead atoms. The molecule has 1 unspecified atom stereocenters. The van der Waals surface area contributed by atoms with Crippen molar-refractivity contribution >= 4 is 11.6 Å². The molecule has 134 valence electrons. The summed E-state index contributed by atoms with van der Waals surface area (Å²) in [5.74, 6) is 0. The Balaban J connectivity index is 3.03. The molecule has 0 aromatic heterocycles. The van der Waals surface area contributed by atoms with Crippen LogP contribution < -0.4 is 0 Å². The molecule has 0 rings (SSSR count). The Morgan fingerprint density at radius 2 is 0.909 bits per heavy atom. The molecule has 0 amide bonds. The fourth-order valence-electron chi connectivity index (χ4n) is 2.94. The smallest absolute Gasteiger partial charge is 0.0845 e. The van der Waals surface area contributed by atoms with Gasteiger partial charge in [0.2, 0.25) is 0 Å². The highest BCUT2D eigenvalue weighted by molar-refractivity contribution is 6.20. The van der Waals surface area contributed by atoms with Gasteiger partial charge in [0.25, 0.3) is 0 Å². The highest BCUT2D eigenvalue weighted by Gasteiger charge is 2.05. The molecule has 0 aromatic rings. The Morgan fingerprint density at radius 1 is 0.591 bits per heavy atom. The van der Waals surface area contributed by atoms with Crippen molar-refractivity contribution in [3.63, 3.8) is 0 Å². The van der Waals surface area contributed by atoms with E-state index in [4.69, 9.17) is 11.6 Å². The van der Waals surface area contributed by atoms with Gasteiger partial charge < -0.3 is 0 Å². The maximum atomic E-state index is 6.20. The number of unbranched alkanes of at least 4 members (excludes halogenated alkanes) is 14. The summed E-state index contributed by atoms with van der Waals surface area (Å²) in [5.41, 5.74) is 0.224. The summed E-state index contributed by atoms with van der Waals surface area (Å²) in [7, 11) is 4.12. The predicted molar refractivity (Wildman–Crippen MR) is 103 cm³/mol. The summed E-state index contributed by atoms with van der Waals surface area (Å²) < 4.78 is 0. The average Bonchev–Trinajstić information content (AvgIpc) is 2.50. The summed E-state index contributed by atoms with van der Waals surface area (Å²) in [4.78, 5) is 2.10. The lowest BCUT2D eigenvalue weighted by Gasteiger charge is -2.16. The zero-order valence-corrected chi connectivity index (χ0v) is 16.5. The van der Waals surface area contributed by atoms with E-state index in [1.165, 1.54) is 96.3 Å². The minimum absolute atomic E-state index is 0.224. The molecule has 1 atom stereocenters. The Morgan fingerprint density at radius 3 is 1.23 bits per heavy atom. The lowest BCUT2D eigenvalue weighted by molar-refractivity contribution is 0.351. The van der Waals surface area contributed by atoms with Crippen molar-refractivity contribution in [3.8, 4) is 0 Å². The van der Waals surface area contributed by atoms with E-state index in [0.717, 1.165) is 6.42 Å². The van der Waals surface area contributed by atoms with Crippen LogP contribution in [-0.2, 0) is 0 Å². The SMILES string of the molecule is CCCCCCCCCCCCCCCCCC(Cl)N(C)C. The van der Waals surface area contributed by atoms with Crippen LogP contribution in [-0.4, -0.2) is 24.5 Å². The second kappa shape index (κ2) is 17.6. The van der Waals surface area contributed by atoms with Crippen LogP contribution in [0.15, 0.2) is 0 Å². The van der Waals surface area contributed by atoms with Gasteiger partial charge in [-0.05, 0) is 20.5 Å². The topological polar surface area (TPSA) is 3.24 Å². The largest absolute Gasteiger partial charge is 0.294 e. The molecule has 0 N–H and O–H groups in total. The first kappa shape index (κ1) is 22.2. The number of rotatable bonds is 17. The van der Waals surface area contributed by atoms with Gasteiger partial charge in [-0.2, -0.15) is 0 Å². The van der Waals surface area contributed by atoms with Crippen LogP contribution in [0.1, 0.15) is 110 Å². The van der Waals surface area contributed by atoms with E-state index in [0.29, 0.717) is 0 Å². The first-order valence-corrected chi connectivity index (χ1v) is 10.4. The van der Waals surface area contributed by atoms with Crippen molar-refractivity contribution in [2.45, 2.75) is 115 Å². The van der Waals surface area contributed by atoms with Crippen molar-refractivity contribution in [2.75, 3.05) is 14.1 Å². The fraction of sp³-hybridized carbons (Fsp3) is 1.00. The van der Waals surface area contributed by atoms with Gasteiger partial charge in [-0.1, -0.05) is 103 Å². The highest BCUT2D eigenvalue weighted by Crippen LogP contribution is 2.15. The van der Waals surface area contributed by atoms with Crippen LogP contribution in [0.5, 0.6) is 0 Å². The minimum atomic E-state index is 0.224. The van der Waals surface area contributed by atoms with E-state index >= 15 is 0 Å². The number of nitrogens with zero attached hydrogens (tertiary/aromatic N) is 1. The predicted octanol–water partition coefficient (Wildman–Crippen LogP) is 7.37. The third-order valence-corrected chi connectivity index (χ3v) is 5.21. The number of halogens is 1. The summed E-state index contributed by atoms with van der Waals surface area (Å²) in [5, 5.41) is 0. The van der Waals surface area contributed by atoms with Crippen molar-refractivity contribution in [3.05, 3.63) is 0 Å². The lowest BCUT2D eigenvalue weighted by Crippen LogP contribution is -2.21. The zero-order valence-electron chi connectivity index (χ0n) is 15.7. The molecule has 0 saturated carbocycles. The molecule has 0 heterocycles. The number of alkyl halides is 1. The molecule has 0 radical (unpaired) electrons. The highest BCUT2D eigenvalue weighted by atomic mass is 35.5. The number of hydrogen-bond donors (Lipinski definition) is 0. The summed E-state index contributed by atoms with van der Waals surface area (Å²) in [6, 6.07) is 0. The summed E-state index contributed by atoms with van der Waals surface area (Å²) >= 11 is 6.20. The van der Waals surface area contributed by atoms with Gasteiger partial charge in [-0.25, -0.2) is 0 Å². The van der Waals surface area contributed by atoms with E-state index in [1.807, 2.05) is 0 Å². The van der Waals surface area contributed by atoms with E-state index in [-0.39, 0.29) is 5.50 Å². The Hall–Kier alpha value is 0.250. The molecule has 0 aromatic carbocycles. The van der Waals surface area contributed by atoms with Crippen LogP contribution in [0.2, 0.25) is 0 Å². The Labute approximate surface area is 146 Å². The molecular formula is C20H42ClN. The van der Waals surface area contributed by atoms with E-state index < -0.39 is 0 Å². The van der Waals surface area contributed by atoms with Crippen molar-refractivity contribution in [1.82, 2.24) is 4.90 Å². The zero-order chi connectivity index (χ0) is 16.5. The lowest BCUT2D eigenvalue weighted by atomic mass is 10.0. The normalized spacial score (nSPS) is 13.0. The summed E-state index contributed by atoms with van der Waals surface area (Å²) in [6.07, 6.45) is 22.5. The van der Waals surface area contributed by atoms with Gasteiger partial charge in [-0.15, -0.1) is 11.6 Å². The van der Waals surface area contributed by atoms with E-state index in [9.17, 15) is 0 Å². The average molecular weight is 332 g/mol. The molecule has 2 heteroatoms. The first-order chi connectivity index (χ1) is 10.7. The van der Waals surface area contributed by atoms with Crippen LogP contribution >= 0.6 is 11.6 Å². The van der Waals surface area contributed by atoms with Crippen LogP contribution in [0.4, 0.5) is 0 Å². The van der Waals surface area contributed by atoms with Gasteiger partial charge >= 0.3 is 0 Å². The fourth-order valence-corrected chi connectivity index (χ4v) is 3.10. The molecule has 0 spiro atoms. The van der Waals surface area contributed by atoms with Gasteiger partial charge in [0.05, 0.1) is 5.50 Å². The summed E-state index contributed by atoms with van der Waals surface area (Å²) in [6.45, 7) is 2.29. The minimum Gasteiger partial charge on any atom is -0.294 e. The van der Waals surface area contributed by atoms with E-state index in [1.54, 1.807) is 0 Å². The third kappa shape index (κ3) is 16.6. The first-order valence-electron chi connectivity index (χ1n) is 9.99. The Bertz CT molecular complexity index is 206. The third-order valence-electron chi connectivity index (χ3n) is 4.61. The quantitative estimate of drug-likeness (QED) is 0.153. The molecular weight excluding hydrogens is 290 g/mol. The van der Waals surface area contributed by atoms with Gasteiger partial charge in [0, 0.05) is 0 Å². The molecule has 1 nitrogen and oxygen atoms in total. The van der Waals surface area contributed by atoms with Crippen molar-refractivity contribution in [1.29, 1.82) is 0 Å². The molecule has 0 aliphatic carbocycles. The van der Waals surface area contributed by atoms with Crippen LogP contribution in [0, 0.1) is 0 Å². The maximum Gasteiger partial charge on any atom is 0.0845 e. The molecule has 0 saturated heterocycles. The monoisotopic (exact) mass is 331 g/mol. The van der Waals surface area contributed by atoms with Crippen LogP contribution in [0.25, 0.3) is 0 Å². The van der Waals surface area contributed by atoms with Gasteiger partial charge in [-0.3, -0.25) is 4.90 Å². The standard InChI is InChI=1S/C20H42ClN/c1-4-5-6-7-8-9-10-11-12-13-14-15-16-17-18-19-20(21)22(2)3/h20H,4-19H2,1-3H3. The van der Waals surface area contributed by atoms with Gasteiger partial charge in [0.15, 0.2) is 0 Å². The van der Waals surface area contributed by atoms with Crippen LogP contribution in [0.3, 0.4) is 0 Å². The maximum absolute atomic E-state index is 6.20. The second-order valence-electron chi connectivity index (χ2n) is 7.14.